The molecule has 1 radical (unpaired) electrons. The van der Waals surface area contributed by atoms with Crippen molar-refractivity contribution in [2.45, 2.75) is 6.92 Å². The summed E-state index contributed by atoms with van der Waals surface area (Å²) in [5.41, 5.74) is 1.04. The highest BCUT2D eigenvalue weighted by molar-refractivity contribution is 9.10. The zero-order valence-electron chi connectivity index (χ0n) is 6.80. The topological polar surface area (TPSA) is 29.5 Å². The predicted molar refractivity (Wildman–Crippen MR) is 50.3 cm³/mol. The van der Waals surface area contributed by atoms with E-state index < -0.39 is 0 Å². The fourth-order valence-corrected chi connectivity index (χ4v) is 1.32. The van der Waals surface area contributed by atoms with Crippen LogP contribution in [0.15, 0.2) is 16.6 Å². The Hall–Kier alpha value is -0.540. The van der Waals surface area contributed by atoms with Crippen LogP contribution in [-0.2, 0) is 0 Å². The summed E-state index contributed by atoms with van der Waals surface area (Å²) in [7, 11) is 0. The summed E-state index contributed by atoms with van der Waals surface area (Å²) in [5.74, 6) is 0.771. The monoisotopic (exact) mass is 229 g/mol. The lowest BCUT2D eigenvalue weighted by Crippen LogP contribution is -2.02. The molecule has 0 aromatic heterocycles. The maximum atomic E-state index is 8.53. The molecule has 0 heterocycles. The predicted octanol–water partition coefficient (Wildman–Crippen LogP) is 1.93. The summed E-state index contributed by atoms with van der Waals surface area (Å²) in [5, 5.41) is 8.53. The Kier molecular flexibility index (Phi) is 3.56. The molecular weight excluding hydrogens is 220 g/mol. The van der Waals surface area contributed by atoms with Gasteiger partial charge in [0.2, 0.25) is 0 Å². The molecule has 0 spiro atoms. The highest BCUT2D eigenvalue weighted by atomic mass is 79.9. The average Bonchev–Trinajstić information content (AvgIpc) is 2.03. The maximum Gasteiger partial charge on any atom is 0.123 e. The molecule has 1 N–H and O–H groups in total. The second-order valence-corrected chi connectivity index (χ2v) is 3.25. The minimum Gasteiger partial charge on any atom is -0.491 e. The van der Waals surface area contributed by atoms with E-state index in [4.69, 9.17) is 9.84 Å². The first-order valence-corrected chi connectivity index (χ1v) is 4.45. The molecule has 3 heteroatoms. The summed E-state index contributed by atoms with van der Waals surface area (Å²) in [4.78, 5) is 0. The van der Waals surface area contributed by atoms with Crippen molar-refractivity contribution in [3.8, 4) is 5.75 Å². The van der Waals surface area contributed by atoms with Gasteiger partial charge in [0.1, 0.15) is 12.4 Å². The molecule has 2 nitrogen and oxygen atoms in total. The molecule has 1 rings (SSSR count). The van der Waals surface area contributed by atoms with Gasteiger partial charge in [0.15, 0.2) is 0 Å². The maximum absolute atomic E-state index is 8.53. The van der Waals surface area contributed by atoms with Crippen LogP contribution in [0.5, 0.6) is 5.75 Å². The highest BCUT2D eigenvalue weighted by Crippen LogP contribution is 2.21. The van der Waals surface area contributed by atoms with Crippen LogP contribution in [0.3, 0.4) is 0 Å². The molecule has 1 aromatic carbocycles. The van der Waals surface area contributed by atoms with Crippen molar-refractivity contribution in [2.75, 3.05) is 13.2 Å². The molecule has 0 aliphatic rings. The number of hydrogen-bond acceptors (Lipinski definition) is 2. The van der Waals surface area contributed by atoms with Crippen LogP contribution in [0.1, 0.15) is 5.56 Å². The van der Waals surface area contributed by atoms with Crippen LogP contribution >= 0.6 is 15.9 Å². The normalized spacial score (nSPS) is 9.92. The van der Waals surface area contributed by atoms with Gasteiger partial charge in [-0.3, -0.25) is 0 Å². The molecule has 1 aromatic rings. The lowest BCUT2D eigenvalue weighted by molar-refractivity contribution is 0.200. The van der Waals surface area contributed by atoms with Crippen molar-refractivity contribution in [1.82, 2.24) is 0 Å². The molecule has 12 heavy (non-hydrogen) atoms. The lowest BCUT2D eigenvalue weighted by atomic mass is 10.2. The SMILES string of the molecule is Cc1cc(Br)[c]cc1OCCO. The summed E-state index contributed by atoms with van der Waals surface area (Å²) in [6.07, 6.45) is 0. The summed E-state index contributed by atoms with van der Waals surface area (Å²) in [6.45, 7) is 2.32. The fourth-order valence-electron chi connectivity index (χ4n) is 0.862. The Balaban J connectivity index is 2.72. The Morgan fingerprint density at radius 2 is 2.42 bits per heavy atom. The van der Waals surface area contributed by atoms with Gasteiger partial charge in [-0.15, -0.1) is 0 Å². The van der Waals surface area contributed by atoms with Gasteiger partial charge in [-0.05, 0) is 24.6 Å². The van der Waals surface area contributed by atoms with Crippen LogP contribution in [0.2, 0.25) is 0 Å². The van der Waals surface area contributed by atoms with Crippen LogP contribution in [0.4, 0.5) is 0 Å². The second-order valence-electron chi connectivity index (χ2n) is 2.40. The smallest absolute Gasteiger partial charge is 0.123 e. The van der Waals surface area contributed by atoms with E-state index in [1.165, 1.54) is 0 Å². The zero-order chi connectivity index (χ0) is 8.97. The molecule has 0 atom stereocenters. The van der Waals surface area contributed by atoms with Crippen molar-refractivity contribution in [3.05, 3.63) is 28.2 Å². The number of aliphatic hydroxyl groups is 1. The standard InChI is InChI=1S/C9H10BrO2/c1-7-6-8(10)2-3-9(7)12-5-4-11/h3,6,11H,4-5H2,1H3. The molecule has 0 fully saturated rings. The molecule has 0 bridgehead atoms. The summed E-state index contributed by atoms with van der Waals surface area (Å²) < 4.78 is 6.15. The van der Waals surface area contributed by atoms with E-state index in [2.05, 4.69) is 22.0 Å². The van der Waals surface area contributed by atoms with E-state index >= 15 is 0 Å². The molecule has 65 valence electrons. The third kappa shape index (κ3) is 2.50. The van der Waals surface area contributed by atoms with E-state index in [-0.39, 0.29) is 6.61 Å². The minimum atomic E-state index is 0.0372. The van der Waals surface area contributed by atoms with Gasteiger partial charge in [0, 0.05) is 10.5 Å². The molecule has 0 unspecified atom stereocenters. The number of halogens is 1. The van der Waals surface area contributed by atoms with Gasteiger partial charge in [0.25, 0.3) is 0 Å². The Morgan fingerprint density at radius 3 is 3.00 bits per heavy atom. The third-order valence-electron chi connectivity index (χ3n) is 1.42. The van der Waals surface area contributed by atoms with E-state index in [0.717, 1.165) is 15.8 Å². The van der Waals surface area contributed by atoms with Gasteiger partial charge in [-0.2, -0.15) is 0 Å². The van der Waals surface area contributed by atoms with Gasteiger partial charge in [-0.1, -0.05) is 15.9 Å². The van der Waals surface area contributed by atoms with Crippen molar-refractivity contribution in [2.24, 2.45) is 0 Å². The molecular formula is C9H10BrO2. The zero-order valence-corrected chi connectivity index (χ0v) is 8.39. The first-order valence-electron chi connectivity index (χ1n) is 3.65. The van der Waals surface area contributed by atoms with Crippen molar-refractivity contribution in [1.29, 1.82) is 0 Å². The molecule has 0 saturated heterocycles. The van der Waals surface area contributed by atoms with Crippen LogP contribution in [0.25, 0.3) is 0 Å². The van der Waals surface area contributed by atoms with E-state index in [1.807, 2.05) is 13.0 Å². The Bertz CT molecular complexity index is 261. The first kappa shape index (κ1) is 9.55. The second kappa shape index (κ2) is 4.48. The van der Waals surface area contributed by atoms with Gasteiger partial charge in [0.05, 0.1) is 6.61 Å². The first-order chi connectivity index (χ1) is 5.74. The quantitative estimate of drug-likeness (QED) is 0.859. The molecule has 0 saturated carbocycles. The van der Waals surface area contributed by atoms with E-state index in [9.17, 15) is 0 Å². The van der Waals surface area contributed by atoms with E-state index in [1.54, 1.807) is 6.07 Å². The molecule has 0 aliphatic carbocycles. The number of hydrogen-bond donors (Lipinski definition) is 1. The number of aliphatic hydroxyl groups excluding tert-OH is 1. The van der Waals surface area contributed by atoms with Gasteiger partial charge >= 0.3 is 0 Å². The van der Waals surface area contributed by atoms with Crippen LogP contribution in [0, 0.1) is 13.0 Å². The minimum absolute atomic E-state index is 0.0372. The highest BCUT2D eigenvalue weighted by Gasteiger charge is 1.98. The van der Waals surface area contributed by atoms with Gasteiger partial charge in [-0.25, -0.2) is 0 Å². The lowest BCUT2D eigenvalue weighted by Gasteiger charge is -2.06. The van der Waals surface area contributed by atoms with Gasteiger partial charge < -0.3 is 9.84 Å². The van der Waals surface area contributed by atoms with Crippen LogP contribution < -0.4 is 4.74 Å². The van der Waals surface area contributed by atoms with Crippen molar-refractivity contribution < 1.29 is 9.84 Å². The Labute approximate surface area is 80.3 Å². The third-order valence-corrected chi connectivity index (χ3v) is 1.88. The summed E-state index contributed by atoms with van der Waals surface area (Å²) in [6, 6.07) is 6.64. The number of aryl methyl sites for hydroxylation is 1. The van der Waals surface area contributed by atoms with Crippen molar-refractivity contribution >= 4 is 15.9 Å². The largest absolute Gasteiger partial charge is 0.491 e. The van der Waals surface area contributed by atoms with Crippen LogP contribution in [-0.4, -0.2) is 18.3 Å². The number of rotatable bonds is 3. The van der Waals surface area contributed by atoms with E-state index in [0.29, 0.717) is 6.61 Å². The fraction of sp³-hybridized carbons (Fsp3) is 0.333. The molecule has 0 aliphatic heterocycles. The Morgan fingerprint density at radius 1 is 1.67 bits per heavy atom. The summed E-state index contributed by atoms with van der Waals surface area (Å²) >= 11 is 3.30. The number of ether oxygens (including phenoxy) is 1. The average molecular weight is 230 g/mol. The van der Waals surface area contributed by atoms with Crippen molar-refractivity contribution in [3.63, 3.8) is 0 Å². The molecule has 0 amide bonds. The number of benzene rings is 1.